The zero-order valence-corrected chi connectivity index (χ0v) is 11.1. The lowest BCUT2D eigenvalue weighted by atomic mass is 10.2. The van der Waals surface area contributed by atoms with E-state index >= 15 is 0 Å². The smallest absolute Gasteiger partial charge is 0.0195 e. The largest absolute Gasteiger partial charge is 0.313 e. The van der Waals surface area contributed by atoms with E-state index in [9.17, 15) is 0 Å². The van der Waals surface area contributed by atoms with Gasteiger partial charge in [-0.1, -0.05) is 13.8 Å². The fraction of sp³-hybridized carbons (Fsp3) is 1.00. The summed E-state index contributed by atoms with van der Waals surface area (Å²) < 4.78 is 0. The van der Waals surface area contributed by atoms with Gasteiger partial charge in [-0.15, -0.1) is 0 Å². The minimum Gasteiger partial charge on any atom is -0.313 e. The molecule has 0 heterocycles. The summed E-state index contributed by atoms with van der Waals surface area (Å²) >= 11 is 0. The first kappa shape index (κ1) is 13.0. The van der Waals surface area contributed by atoms with E-state index in [-0.39, 0.29) is 0 Å². The van der Waals surface area contributed by atoms with Crippen molar-refractivity contribution in [2.24, 2.45) is 5.92 Å². The van der Waals surface area contributed by atoms with Gasteiger partial charge in [0, 0.05) is 31.2 Å². The molecule has 1 unspecified atom stereocenters. The molecular weight excluding hydrogens is 184 g/mol. The fourth-order valence-corrected chi connectivity index (χ4v) is 2.02. The van der Waals surface area contributed by atoms with Gasteiger partial charge in [0.1, 0.15) is 0 Å². The molecule has 0 aromatic heterocycles. The van der Waals surface area contributed by atoms with Crippen molar-refractivity contribution >= 4 is 0 Å². The van der Waals surface area contributed by atoms with Gasteiger partial charge in [-0.3, -0.25) is 4.90 Å². The lowest BCUT2D eigenvalue weighted by Crippen LogP contribution is -2.46. The Kier molecular flexibility index (Phi) is 5.07. The van der Waals surface area contributed by atoms with Gasteiger partial charge in [-0.2, -0.15) is 0 Å². The zero-order valence-electron chi connectivity index (χ0n) is 11.1. The molecule has 1 rings (SSSR count). The minimum atomic E-state index is 0.599. The predicted molar refractivity (Wildman–Crippen MR) is 67.2 cm³/mol. The van der Waals surface area contributed by atoms with E-state index in [1.165, 1.54) is 19.4 Å². The quantitative estimate of drug-likeness (QED) is 0.697. The molecule has 0 aliphatic heterocycles. The molecule has 1 saturated carbocycles. The van der Waals surface area contributed by atoms with Crippen LogP contribution in [0.4, 0.5) is 0 Å². The Morgan fingerprint density at radius 1 is 1.13 bits per heavy atom. The summed E-state index contributed by atoms with van der Waals surface area (Å²) in [6, 6.07) is 1.94. The summed E-state index contributed by atoms with van der Waals surface area (Å²) in [6.45, 7) is 13.8. The average Bonchev–Trinajstić information content (AvgIpc) is 2.93. The van der Waals surface area contributed by atoms with E-state index in [1.807, 2.05) is 0 Å². The Bertz CT molecular complexity index is 173. The number of rotatable bonds is 7. The molecule has 1 fully saturated rings. The Morgan fingerprint density at radius 3 is 2.13 bits per heavy atom. The van der Waals surface area contributed by atoms with E-state index < -0.39 is 0 Å². The molecule has 0 aromatic carbocycles. The number of hydrogen-bond donors (Lipinski definition) is 1. The molecular formula is C13H28N2. The highest BCUT2D eigenvalue weighted by Gasteiger charge is 2.27. The first-order chi connectivity index (χ1) is 7.00. The van der Waals surface area contributed by atoms with Crippen molar-refractivity contribution in [3.63, 3.8) is 0 Å². The SMILES string of the molecule is CC(C)NCC(C)N(CC1CC1)C(C)C. The summed E-state index contributed by atoms with van der Waals surface area (Å²) in [4.78, 5) is 2.65. The second kappa shape index (κ2) is 5.86. The Morgan fingerprint density at radius 2 is 1.73 bits per heavy atom. The van der Waals surface area contributed by atoms with Crippen molar-refractivity contribution in [3.8, 4) is 0 Å². The van der Waals surface area contributed by atoms with E-state index in [1.54, 1.807) is 0 Å². The van der Waals surface area contributed by atoms with Crippen LogP contribution in [0.1, 0.15) is 47.5 Å². The van der Waals surface area contributed by atoms with Crippen molar-refractivity contribution in [1.82, 2.24) is 10.2 Å². The molecule has 0 aromatic rings. The van der Waals surface area contributed by atoms with E-state index in [2.05, 4.69) is 44.8 Å². The molecule has 1 N–H and O–H groups in total. The molecule has 0 spiro atoms. The molecule has 15 heavy (non-hydrogen) atoms. The van der Waals surface area contributed by atoms with Gasteiger partial charge in [0.25, 0.3) is 0 Å². The van der Waals surface area contributed by atoms with Crippen LogP contribution in [-0.4, -0.2) is 36.1 Å². The van der Waals surface area contributed by atoms with Gasteiger partial charge >= 0.3 is 0 Å². The highest BCUT2D eigenvalue weighted by molar-refractivity contribution is 4.82. The standard InChI is InChI=1S/C13H28N2/c1-10(2)14-8-12(5)15(11(3)4)9-13-6-7-13/h10-14H,6-9H2,1-5H3. The molecule has 2 nitrogen and oxygen atoms in total. The van der Waals surface area contributed by atoms with E-state index in [4.69, 9.17) is 0 Å². The Balaban J connectivity index is 2.32. The lowest BCUT2D eigenvalue weighted by Gasteiger charge is -2.33. The van der Waals surface area contributed by atoms with Crippen LogP contribution in [0.2, 0.25) is 0 Å². The number of nitrogens with zero attached hydrogens (tertiary/aromatic N) is 1. The van der Waals surface area contributed by atoms with Gasteiger partial charge in [-0.25, -0.2) is 0 Å². The molecule has 1 aliphatic rings. The van der Waals surface area contributed by atoms with Crippen molar-refractivity contribution in [2.45, 2.75) is 65.6 Å². The number of nitrogens with one attached hydrogen (secondary N) is 1. The van der Waals surface area contributed by atoms with Gasteiger partial charge in [0.05, 0.1) is 0 Å². The summed E-state index contributed by atoms with van der Waals surface area (Å²) in [7, 11) is 0. The van der Waals surface area contributed by atoms with Gasteiger partial charge in [0.15, 0.2) is 0 Å². The summed E-state index contributed by atoms with van der Waals surface area (Å²) in [5.74, 6) is 0.994. The first-order valence-corrected chi connectivity index (χ1v) is 6.49. The van der Waals surface area contributed by atoms with Gasteiger partial charge in [-0.05, 0) is 39.5 Å². The molecule has 1 atom stereocenters. The van der Waals surface area contributed by atoms with Crippen LogP contribution in [0, 0.1) is 5.92 Å². The molecule has 0 saturated heterocycles. The lowest BCUT2D eigenvalue weighted by molar-refractivity contribution is 0.152. The van der Waals surface area contributed by atoms with Gasteiger partial charge in [0.2, 0.25) is 0 Å². The van der Waals surface area contributed by atoms with E-state index in [0.717, 1.165) is 12.5 Å². The summed E-state index contributed by atoms with van der Waals surface area (Å²) in [5.41, 5.74) is 0. The molecule has 1 aliphatic carbocycles. The predicted octanol–water partition coefficient (Wildman–Crippen LogP) is 2.49. The Labute approximate surface area is 95.4 Å². The average molecular weight is 212 g/mol. The zero-order chi connectivity index (χ0) is 11.4. The second-order valence-corrected chi connectivity index (χ2v) is 5.65. The highest BCUT2D eigenvalue weighted by atomic mass is 15.2. The highest BCUT2D eigenvalue weighted by Crippen LogP contribution is 2.30. The van der Waals surface area contributed by atoms with Crippen molar-refractivity contribution in [2.75, 3.05) is 13.1 Å². The number of hydrogen-bond acceptors (Lipinski definition) is 2. The maximum atomic E-state index is 3.53. The van der Waals surface area contributed by atoms with Crippen LogP contribution in [0.5, 0.6) is 0 Å². The summed E-state index contributed by atoms with van der Waals surface area (Å²) in [5, 5.41) is 3.53. The van der Waals surface area contributed by atoms with Crippen molar-refractivity contribution < 1.29 is 0 Å². The fourth-order valence-electron chi connectivity index (χ4n) is 2.02. The third kappa shape index (κ3) is 4.98. The molecule has 0 amide bonds. The van der Waals surface area contributed by atoms with Crippen LogP contribution < -0.4 is 5.32 Å². The minimum absolute atomic E-state index is 0.599. The first-order valence-electron chi connectivity index (χ1n) is 6.49. The molecule has 0 bridgehead atoms. The van der Waals surface area contributed by atoms with E-state index in [0.29, 0.717) is 18.1 Å². The van der Waals surface area contributed by atoms with Crippen LogP contribution in [0.3, 0.4) is 0 Å². The van der Waals surface area contributed by atoms with Gasteiger partial charge < -0.3 is 5.32 Å². The summed E-state index contributed by atoms with van der Waals surface area (Å²) in [6.07, 6.45) is 2.90. The molecule has 0 radical (unpaired) electrons. The van der Waals surface area contributed by atoms with Crippen LogP contribution in [0.25, 0.3) is 0 Å². The van der Waals surface area contributed by atoms with Crippen LogP contribution in [0.15, 0.2) is 0 Å². The van der Waals surface area contributed by atoms with Crippen molar-refractivity contribution in [1.29, 1.82) is 0 Å². The van der Waals surface area contributed by atoms with Crippen LogP contribution >= 0.6 is 0 Å². The topological polar surface area (TPSA) is 15.3 Å². The maximum Gasteiger partial charge on any atom is 0.0195 e. The normalized spacial score (nSPS) is 19.2. The third-order valence-electron chi connectivity index (χ3n) is 3.22. The van der Waals surface area contributed by atoms with Crippen LogP contribution in [-0.2, 0) is 0 Å². The third-order valence-corrected chi connectivity index (χ3v) is 3.22. The Hall–Kier alpha value is -0.0800. The second-order valence-electron chi connectivity index (χ2n) is 5.65. The monoisotopic (exact) mass is 212 g/mol. The molecule has 2 heteroatoms. The molecule has 90 valence electrons. The van der Waals surface area contributed by atoms with Crippen molar-refractivity contribution in [3.05, 3.63) is 0 Å². The maximum absolute atomic E-state index is 3.53.